The van der Waals surface area contributed by atoms with Crippen LogP contribution in [0, 0.1) is 12.3 Å². The molecule has 0 unspecified atom stereocenters. The van der Waals surface area contributed by atoms with Crippen molar-refractivity contribution in [2.24, 2.45) is 10.5 Å². The zero-order valence-electron chi connectivity index (χ0n) is 11.2. The third-order valence-electron chi connectivity index (χ3n) is 2.80. The zero-order chi connectivity index (χ0) is 13.1. The van der Waals surface area contributed by atoms with Crippen molar-refractivity contribution in [3.05, 3.63) is 35.4 Å². The number of hydrazone groups is 1. The Morgan fingerprint density at radius 3 is 2.35 bits per heavy atom. The lowest BCUT2D eigenvalue weighted by Gasteiger charge is -2.17. The quantitative estimate of drug-likeness (QED) is 0.617. The highest BCUT2D eigenvalue weighted by molar-refractivity contribution is 5.96. The van der Waals surface area contributed by atoms with Crippen LogP contribution in [0.5, 0.6) is 0 Å². The highest BCUT2D eigenvalue weighted by atomic mass is 16.2. The van der Waals surface area contributed by atoms with Gasteiger partial charge in [-0.05, 0) is 25.5 Å². The second kappa shape index (κ2) is 5.13. The number of amides is 1. The number of carbonyl (C=O) groups is 1. The average molecular weight is 232 g/mol. The summed E-state index contributed by atoms with van der Waals surface area (Å²) in [6.07, 6.45) is 0. The van der Waals surface area contributed by atoms with E-state index in [4.69, 9.17) is 0 Å². The van der Waals surface area contributed by atoms with Gasteiger partial charge in [-0.3, -0.25) is 4.79 Å². The van der Waals surface area contributed by atoms with E-state index in [1.54, 1.807) is 6.07 Å². The minimum absolute atomic E-state index is 0.0288. The minimum atomic E-state index is -0.160. The van der Waals surface area contributed by atoms with Crippen molar-refractivity contribution in [2.45, 2.75) is 34.6 Å². The Morgan fingerprint density at radius 2 is 1.82 bits per heavy atom. The minimum Gasteiger partial charge on any atom is -0.267 e. The lowest BCUT2D eigenvalue weighted by molar-refractivity contribution is 0.0954. The van der Waals surface area contributed by atoms with Crippen LogP contribution in [0.4, 0.5) is 0 Å². The van der Waals surface area contributed by atoms with Gasteiger partial charge in [-0.25, -0.2) is 5.43 Å². The van der Waals surface area contributed by atoms with Crippen LogP contribution >= 0.6 is 0 Å². The molecule has 0 spiro atoms. The number of rotatable bonds is 2. The van der Waals surface area contributed by atoms with Crippen molar-refractivity contribution in [3.8, 4) is 0 Å². The van der Waals surface area contributed by atoms with Gasteiger partial charge in [0.05, 0.1) is 0 Å². The van der Waals surface area contributed by atoms with E-state index in [1.165, 1.54) is 0 Å². The van der Waals surface area contributed by atoms with Crippen molar-refractivity contribution in [3.63, 3.8) is 0 Å². The Kier molecular flexibility index (Phi) is 4.05. The van der Waals surface area contributed by atoms with E-state index in [2.05, 4.69) is 31.3 Å². The lowest BCUT2D eigenvalue weighted by Crippen LogP contribution is -2.25. The molecule has 0 aliphatic carbocycles. The van der Waals surface area contributed by atoms with Crippen molar-refractivity contribution in [1.29, 1.82) is 0 Å². The second-order valence-corrected chi connectivity index (χ2v) is 5.20. The van der Waals surface area contributed by atoms with Crippen LogP contribution in [0.2, 0.25) is 0 Å². The van der Waals surface area contributed by atoms with Crippen LogP contribution in [-0.4, -0.2) is 11.6 Å². The van der Waals surface area contributed by atoms with Gasteiger partial charge in [-0.15, -0.1) is 0 Å². The zero-order valence-corrected chi connectivity index (χ0v) is 11.2. The SMILES string of the molecule is C/C(=N/NC(=O)c1ccccc1C)C(C)(C)C. The van der Waals surface area contributed by atoms with Gasteiger partial charge in [0.2, 0.25) is 0 Å². The average Bonchev–Trinajstić information content (AvgIpc) is 2.24. The van der Waals surface area contributed by atoms with Crippen LogP contribution < -0.4 is 5.43 Å². The maximum atomic E-state index is 11.9. The second-order valence-electron chi connectivity index (χ2n) is 5.20. The third-order valence-corrected chi connectivity index (χ3v) is 2.80. The van der Waals surface area contributed by atoms with Gasteiger partial charge in [0, 0.05) is 16.7 Å². The molecule has 0 aliphatic rings. The van der Waals surface area contributed by atoms with Gasteiger partial charge < -0.3 is 0 Å². The van der Waals surface area contributed by atoms with Crippen LogP contribution in [0.15, 0.2) is 29.4 Å². The number of nitrogens with zero attached hydrogens (tertiary/aromatic N) is 1. The molecule has 0 atom stereocenters. The van der Waals surface area contributed by atoms with E-state index < -0.39 is 0 Å². The molecule has 0 heterocycles. The van der Waals surface area contributed by atoms with Crippen LogP contribution in [0.1, 0.15) is 43.6 Å². The molecule has 3 heteroatoms. The summed E-state index contributed by atoms with van der Waals surface area (Å²) in [6, 6.07) is 7.47. The smallest absolute Gasteiger partial charge is 0.267 e. The summed E-state index contributed by atoms with van der Waals surface area (Å²) in [5.74, 6) is -0.160. The largest absolute Gasteiger partial charge is 0.271 e. The molecular formula is C14H20N2O. The predicted molar refractivity (Wildman–Crippen MR) is 71.2 cm³/mol. The normalized spacial score (nSPS) is 12.4. The fraction of sp³-hybridized carbons (Fsp3) is 0.429. The molecule has 3 nitrogen and oxygen atoms in total. The predicted octanol–water partition coefficient (Wildman–Crippen LogP) is 3.15. The summed E-state index contributed by atoms with van der Waals surface area (Å²) in [4.78, 5) is 11.9. The molecule has 1 amide bonds. The van der Waals surface area contributed by atoms with Gasteiger partial charge in [-0.2, -0.15) is 5.10 Å². The standard InChI is InChI=1S/C14H20N2O/c1-10-8-6-7-9-12(10)13(17)16-15-11(2)14(3,4)5/h6-9H,1-5H3,(H,16,17)/b15-11-. The van der Waals surface area contributed by atoms with E-state index in [0.29, 0.717) is 5.56 Å². The van der Waals surface area contributed by atoms with E-state index in [1.807, 2.05) is 32.0 Å². The first-order valence-electron chi connectivity index (χ1n) is 5.73. The van der Waals surface area contributed by atoms with Crippen molar-refractivity contribution >= 4 is 11.6 Å². The summed E-state index contributed by atoms with van der Waals surface area (Å²) < 4.78 is 0. The Bertz CT molecular complexity index is 442. The van der Waals surface area contributed by atoms with Crippen molar-refractivity contribution in [2.75, 3.05) is 0 Å². The highest BCUT2D eigenvalue weighted by Crippen LogP contribution is 2.15. The Balaban J connectivity index is 2.79. The number of carbonyl (C=O) groups excluding carboxylic acids is 1. The Hall–Kier alpha value is -1.64. The molecule has 0 aromatic heterocycles. The van der Waals surface area contributed by atoms with Crippen LogP contribution in [0.25, 0.3) is 0 Å². The molecule has 17 heavy (non-hydrogen) atoms. The summed E-state index contributed by atoms with van der Waals surface area (Å²) >= 11 is 0. The number of hydrogen-bond donors (Lipinski definition) is 1. The first kappa shape index (κ1) is 13.4. The van der Waals surface area contributed by atoms with Crippen molar-refractivity contribution in [1.82, 2.24) is 5.43 Å². The lowest BCUT2D eigenvalue weighted by atomic mass is 9.91. The molecule has 1 N–H and O–H groups in total. The summed E-state index contributed by atoms with van der Waals surface area (Å²) in [5, 5.41) is 4.13. The molecule has 0 aliphatic heterocycles. The fourth-order valence-electron chi connectivity index (χ4n) is 1.19. The van der Waals surface area contributed by atoms with Gasteiger partial charge in [0.25, 0.3) is 5.91 Å². The molecule has 1 aromatic carbocycles. The Labute approximate surface area is 103 Å². The maximum absolute atomic E-state index is 11.9. The molecule has 0 saturated heterocycles. The number of hydrogen-bond acceptors (Lipinski definition) is 2. The molecule has 0 bridgehead atoms. The van der Waals surface area contributed by atoms with E-state index in [0.717, 1.165) is 11.3 Å². The third kappa shape index (κ3) is 3.70. The first-order valence-corrected chi connectivity index (χ1v) is 5.73. The topological polar surface area (TPSA) is 41.5 Å². The van der Waals surface area contributed by atoms with E-state index >= 15 is 0 Å². The molecule has 1 rings (SSSR count). The fourth-order valence-corrected chi connectivity index (χ4v) is 1.19. The number of benzene rings is 1. The van der Waals surface area contributed by atoms with E-state index in [-0.39, 0.29) is 11.3 Å². The summed E-state index contributed by atoms with van der Waals surface area (Å²) in [5.41, 5.74) is 5.09. The van der Waals surface area contributed by atoms with Gasteiger partial charge in [0.1, 0.15) is 0 Å². The van der Waals surface area contributed by atoms with Crippen molar-refractivity contribution < 1.29 is 4.79 Å². The maximum Gasteiger partial charge on any atom is 0.271 e. The highest BCUT2D eigenvalue weighted by Gasteiger charge is 2.15. The number of nitrogens with one attached hydrogen (secondary N) is 1. The molecule has 92 valence electrons. The molecule has 1 aromatic rings. The molecule has 0 fully saturated rings. The van der Waals surface area contributed by atoms with Crippen LogP contribution in [0.3, 0.4) is 0 Å². The summed E-state index contributed by atoms with van der Waals surface area (Å²) in [7, 11) is 0. The monoisotopic (exact) mass is 232 g/mol. The molecule has 0 radical (unpaired) electrons. The van der Waals surface area contributed by atoms with E-state index in [9.17, 15) is 4.79 Å². The Morgan fingerprint density at radius 1 is 1.24 bits per heavy atom. The number of aryl methyl sites for hydroxylation is 1. The van der Waals surface area contributed by atoms with Gasteiger partial charge in [0.15, 0.2) is 0 Å². The molecule has 0 saturated carbocycles. The molecular weight excluding hydrogens is 212 g/mol. The first-order chi connectivity index (χ1) is 7.82. The van der Waals surface area contributed by atoms with Gasteiger partial charge in [-0.1, -0.05) is 39.0 Å². The summed E-state index contributed by atoms with van der Waals surface area (Å²) in [6.45, 7) is 10.0. The van der Waals surface area contributed by atoms with Gasteiger partial charge >= 0.3 is 0 Å². The van der Waals surface area contributed by atoms with Crippen LogP contribution in [-0.2, 0) is 0 Å².